The van der Waals surface area contributed by atoms with Crippen molar-refractivity contribution < 1.29 is 9.59 Å². The first kappa shape index (κ1) is 18.4. The number of anilines is 1. The van der Waals surface area contributed by atoms with Crippen LogP contribution in [0.15, 0.2) is 18.2 Å². The van der Waals surface area contributed by atoms with E-state index in [-0.39, 0.29) is 18.4 Å². The quantitative estimate of drug-likeness (QED) is 0.816. The van der Waals surface area contributed by atoms with Crippen LogP contribution in [0, 0.1) is 0 Å². The highest BCUT2D eigenvalue weighted by Crippen LogP contribution is 2.29. The fraction of sp³-hybridized carbons (Fsp3) is 0.500. The molecular weight excluding hydrogens is 355 g/mol. The summed E-state index contributed by atoms with van der Waals surface area (Å²) in [6, 6.07) is 4.87. The Morgan fingerprint density at radius 3 is 2.61 bits per heavy atom. The SMILES string of the molecule is CN(CC(=O)Nc1ccc(Cl)c(Cl)c1)C(=O)CSC1CCCC1. The Balaban J connectivity index is 1.76. The van der Waals surface area contributed by atoms with Crippen LogP contribution in [0.4, 0.5) is 5.69 Å². The standard InChI is InChI=1S/C16H20Cl2N2O2S/c1-20(16(22)10-23-12-4-2-3-5-12)9-15(21)19-11-6-7-13(17)14(18)8-11/h6-8,12H,2-5,9-10H2,1H3,(H,19,21). The Morgan fingerprint density at radius 2 is 1.96 bits per heavy atom. The average Bonchev–Trinajstić information content (AvgIpc) is 3.01. The van der Waals surface area contributed by atoms with Gasteiger partial charge in [-0.2, -0.15) is 0 Å². The van der Waals surface area contributed by atoms with E-state index in [9.17, 15) is 9.59 Å². The highest BCUT2D eigenvalue weighted by molar-refractivity contribution is 8.00. The van der Waals surface area contributed by atoms with Gasteiger partial charge in [0.2, 0.25) is 11.8 Å². The summed E-state index contributed by atoms with van der Waals surface area (Å²) in [5.74, 6) is 0.151. The molecule has 0 heterocycles. The summed E-state index contributed by atoms with van der Waals surface area (Å²) in [4.78, 5) is 25.5. The smallest absolute Gasteiger partial charge is 0.243 e. The van der Waals surface area contributed by atoms with E-state index in [1.807, 2.05) is 0 Å². The van der Waals surface area contributed by atoms with Crippen LogP contribution in [0.1, 0.15) is 25.7 Å². The molecule has 0 saturated heterocycles. The van der Waals surface area contributed by atoms with E-state index in [0.717, 1.165) is 0 Å². The Kier molecular flexibility index (Phi) is 7.06. The second-order valence-electron chi connectivity index (χ2n) is 5.64. The Labute approximate surface area is 150 Å². The van der Waals surface area contributed by atoms with Crippen molar-refractivity contribution in [1.82, 2.24) is 4.90 Å². The summed E-state index contributed by atoms with van der Waals surface area (Å²) in [6.07, 6.45) is 4.90. The lowest BCUT2D eigenvalue weighted by molar-refractivity contribution is -0.131. The van der Waals surface area contributed by atoms with Crippen LogP contribution in [0.2, 0.25) is 10.0 Å². The largest absolute Gasteiger partial charge is 0.336 e. The molecule has 0 aromatic heterocycles. The van der Waals surface area contributed by atoms with E-state index in [0.29, 0.717) is 26.7 Å². The minimum absolute atomic E-state index is 0.0182. The number of benzene rings is 1. The number of nitrogens with zero attached hydrogens (tertiary/aromatic N) is 1. The third-order valence-electron chi connectivity index (χ3n) is 3.75. The number of nitrogens with one attached hydrogen (secondary N) is 1. The molecule has 0 atom stereocenters. The van der Waals surface area contributed by atoms with Gasteiger partial charge in [0.25, 0.3) is 0 Å². The summed E-state index contributed by atoms with van der Waals surface area (Å²) < 4.78 is 0. The van der Waals surface area contributed by atoms with Crippen molar-refractivity contribution in [3.63, 3.8) is 0 Å². The summed E-state index contributed by atoms with van der Waals surface area (Å²) >= 11 is 13.4. The number of amides is 2. The molecule has 1 saturated carbocycles. The predicted molar refractivity (Wildman–Crippen MR) is 97.4 cm³/mol. The minimum atomic E-state index is -0.259. The fourth-order valence-corrected chi connectivity index (χ4v) is 4.00. The van der Waals surface area contributed by atoms with Gasteiger partial charge in [0, 0.05) is 18.0 Å². The molecule has 4 nitrogen and oxygen atoms in total. The molecule has 1 aromatic rings. The molecule has 126 valence electrons. The molecule has 1 fully saturated rings. The summed E-state index contributed by atoms with van der Waals surface area (Å²) in [5.41, 5.74) is 0.561. The maximum atomic E-state index is 12.1. The topological polar surface area (TPSA) is 49.4 Å². The number of carbonyl (C=O) groups excluding carboxylic acids is 2. The first-order chi connectivity index (χ1) is 11.0. The van der Waals surface area contributed by atoms with Crippen molar-refractivity contribution in [3.05, 3.63) is 28.2 Å². The lowest BCUT2D eigenvalue weighted by atomic mass is 10.3. The zero-order valence-corrected chi connectivity index (χ0v) is 15.3. The van der Waals surface area contributed by atoms with Gasteiger partial charge in [-0.05, 0) is 31.0 Å². The number of thioether (sulfide) groups is 1. The zero-order valence-electron chi connectivity index (χ0n) is 13.0. The van der Waals surface area contributed by atoms with Crippen LogP contribution in [-0.4, -0.2) is 41.3 Å². The van der Waals surface area contributed by atoms with E-state index in [1.54, 1.807) is 37.0 Å². The number of likely N-dealkylation sites (N-methyl/N-ethyl adjacent to an activating group) is 1. The molecule has 23 heavy (non-hydrogen) atoms. The van der Waals surface area contributed by atoms with Crippen LogP contribution < -0.4 is 5.32 Å². The van der Waals surface area contributed by atoms with Gasteiger partial charge in [-0.1, -0.05) is 36.0 Å². The summed E-state index contributed by atoms with van der Waals surface area (Å²) in [5, 5.41) is 4.11. The number of carbonyl (C=O) groups is 2. The first-order valence-corrected chi connectivity index (χ1v) is 9.36. The molecule has 2 rings (SSSR count). The molecule has 1 N–H and O–H groups in total. The second-order valence-corrected chi connectivity index (χ2v) is 7.75. The summed E-state index contributed by atoms with van der Waals surface area (Å²) in [6.45, 7) is 0.0182. The van der Waals surface area contributed by atoms with E-state index in [2.05, 4.69) is 5.32 Å². The third kappa shape index (κ3) is 5.90. The van der Waals surface area contributed by atoms with Crippen LogP contribution >= 0.6 is 35.0 Å². The molecule has 0 unspecified atom stereocenters. The summed E-state index contributed by atoms with van der Waals surface area (Å²) in [7, 11) is 1.64. The Morgan fingerprint density at radius 1 is 1.26 bits per heavy atom. The lowest BCUT2D eigenvalue weighted by Crippen LogP contribution is -2.36. The molecule has 0 radical (unpaired) electrons. The van der Waals surface area contributed by atoms with Crippen LogP contribution in [-0.2, 0) is 9.59 Å². The molecule has 0 spiro atoms. The molecule has 1 aromatic carbocycles. The van der Waals surface area contributed by atoms with Crippen LogP contribution in [0.25, 0.3) is 0 Å². The van der Waals surface area contributed by atoms with Gasteiger partial charge in [-0.3, -0.25) is 9.59 Å². The van der Waals surface area contributed by atoms with Crippen molar-refractivity contribution in [3.8, 4) is 0 Å². The molecule has 1 aliphatic carbocycles. The molecule has 0 bridgehead atoms. The predicted octanol–water partition coefficient (Wildman–Crippen LogP) is 4.07. The highest BCUT2D eigenvalue weighted by Gasteiger charge is 2.19. The fourth-order valence-electron chi connectivity index (χ4n) is 2.43. The first-order valence-electron chi connectivity index (χ1n) is 7.56. The number of halogens is 2. The van der Waals surface area contributed by atoms with Crippen molar-refractivity contribution in [1.29, 1.82) is 0 Å². The molecule has 2 amide bonds. The lowest BCUT2D eigenvalue weighted by Gasteiger charge is -2.18. The molecule has 7 heteroatoms. The Hall–Kier alpha value is -0.910. The van der Waals surface area contributed by atoms with E-state index < -0.39 is 0 Å². The maximum absolute atomic E-state index is 12.1. The van der Waals surface area contributed by atoms with Gasteiger partial charge in [-0.25, -0.2) is 0 Å². The zero-order chi connectivity index (χ0) is 16.8. The van der Waals surface area contributed by atoms with Crippen LogP contribution in [0.5, 0.6) is 0 Å². The van der Waals surface area contributed by atoms with Crippen molar-refractivity contribution in [2.75, 3.05) is 24.7 Å². The molecule has 1 aliphatic rings. The normalized spacial score (nSPS) is 14.7. The van der Waals surface area contributed by atoms with Crippen molar-refractivity contribution in [2.45, 2.75) is 30.9 Å². The third-order valence-corrected chi connectivity index (χ3v) is 5.85. The molecule has 0 aliphatic heterocycles. The van der Waals surface area contributed by atoms with Gasteiger partial charge in [-0.15, -0.1) is 11.8 Å². The van der Waals surface area contributed by atoms with Gasteiger partial charge in [0.15, 0.2) is 0 Å². The molecular formula is C16H20Cl2N2O2S. The van der Waals surface area contributed by atoms with Gasteiger partial charge < -0.3 is 10.2 Å². The van der Waals surface area contributed by atoms with Gasteiger partial charge in [0.05, 0.1) is 22.3 Å². The average molecular weight is 375 g/mol. The van der Waals surface area contributed by atoms with E-state index in [1.165, 1.54) is 30.6 Å². The monoisotopic (exact) mass is 374 g/mol. The van der Waals surface area contributed by atoms with Crippen LogP contribution in [0.3, 0.4) is 0 Å². The number of rotatable bonds is 6. The van der Waals surface area contributed by atoms with Gasteiger partial charge >= 0.3 is 0 Å². The second kappa shape index (κ2) is 8.81. The van der Waals surface area contributed by atoms with E-state index >= 15 is 0 Å². The number of hydrogen-bond donors (Lipinski definition) is 1. The minimum Gasteiger partial charge on any atom is -0.336 e. The highest BCUT2D eigenvalue weighted by atomic mass is 35.5. The van der Waals surface area contributed by atoms with Crippen molar-refractivity contribution in [2.24, 2.45) is 0 Å². The Bertz CT molecular complexity index is 577. The number of hydrogen-bond acceptors (Lipinski definition) is 3. The van der Waals surface area contributed by atoms with Crippen molar-refractivity contribution >= 4 is 52.5 Å². The van der Waals surface area contributed by atoms with Gasteiger partial charge in [0.1, 0.15) is 0 Å². The van der Waals surface area contributed by atoms with E-state index in [4.69, 9.17) is 23.2 Å². The maximum Gasteiger partial charge on any atom is 0.243 e.